The highest BCUT2D eigenvalue weighted by Crippen LogP contribution is 2.15. The van der Waals surface area contributed by atoms with Crippen LogP contribution in [-0.4, -0.2) is 56.3 Å². The molecule has 3 N–H and O–H groups in total. The van der Waals surface area contributed by atoms with Crippen molar-refractivity contribution in [3.05, 3.63) is 34.5 Å². The molecule has 0 spiro atoms. The molecule has 2 aromatic rings. The number of aliphatic hydroxyl groups is 1. The summed E-state index contributed by atoms with van der Waals surface area (Å²) in [5.41, 5.74) is 3.97. The van der Waals surface area contributed by atoms with Gasteiger partial charge >= 0.3 is 0 Å². The van der Waals surface area contributed by atoms with E-state index in [4.69, 9.17) is 0 Å². The zero-order chi connectivity index (χ0) is 16.8. The van der Waals surface area contributed by atoms with Crippen molar-refractivity contribution < 1.29 is 9.90 Å². The average molecular weight is 349 g/mol. The summed E-state index contributed by atoms with van der Waals surface area (Å²) in [5, 5.41) is 22.0. The van der Waals surface area contributed by atoms with Gasteiger partial charge in [0, 0.05) is 37.6 Å². The lowest BCUT2D eigenvalue weighted by atomic mass is 10.0. The molecule has 0 bridgehead atoms. The van der Waals surface area contributed by atoms with Crippen LogP contribution in [0.15, 0.2) is 23.3 Å². The minimum atomic E-state index is -0.532. The highest BCUT2D eigenvalue weighted by Gasteiger charge is 2.28. The minimum Gasteiger partial charge on any atom is -0.390 e. The number of likely N-dealkylation sites (tertiary alicyclic amines) is 1. The Hall–Kier alpha value is -1.77. The Morgan fingerprint density at radius 1 is 1.54 bits per heavy atom. The molecule has 1 aliphatic heterocycles. The van der Waals surface area contributed by atoms with Crippen molar-refractivity contribution in [2.45, 2.75) is 44.4 Å². The number of amides is 1. The van der Waals surface area contributed by atoms with Crippen LogP contribution in [0.4, 0.5) is 0 Å². The summed E-state index contributed by atoms with van der Waals surface area (Å²) in [5.74, 6) is 0.00972. The highest BCUT2D eigenvalue weighted by molar-refractivity contribution is 7.07. The fourth-order valence-electron chi connectivity index (χ4n) is 3.00. The molecule has 0 aliphatic carbocycles. The zero-order valence-electron chi connectivity index (χ0n) is 13.5. The van der Waals surface area contributed by atoms with Gasteiger partial charge in [-0.3, -0.25) is 14.8 Å². The minimum absolute atomic E-state index is 0.00972. The fourth-order valence-corrected chi connectivity index (χ4v) is 3.55. The summed E-state index contributed by atoms with van der Waals surface area (Å²) < 4.78 is 0. The van der Waals surface area contributed by atoms with Gasteiger partial charge in [-0.25, -0.2) is 4.98 Å². The number of nitrogens with zero attached hydrogens (tertiary/aromatic N) is 3. The molecule has 1 fully saturated rings. The van der Waals surface area contributed by atoms with E-state index in [-0.39, 0.29) is 11.9 Å². The molecule has 0 unspecified atom stereocenters. The normalized spacial score (nSPS) is 21.7. The lowest BCUT2D eigenvalue weighted by Gasteiger charge is -2.35. The Kier molecular flexibility index (Phi) is 5.95. The number of H-pyrrole nitrogens is 1. The first-order valence-corrected chi connectivity index (χ1v) is 9.19. The lowest BCUT2D eigenvalue weighted by molar-refractivity contribution is -0.123. The van der Waals surface area contributed by atoms with E-state index in [1.54, 1.807) is 17.5 Å². The molecule has 7 nitrogen and oxygen atoms in total. The van der Waals surface area contributed by atoms with Crippen molar-refractivity contribution in [3.63, 3.8) is 0 Å². The summed E-state index contributed by atoms with van der Waals surface area (Å²) in [7, 11) is 0. The number of aliphatic hydroxyl groups excluding tert-OH is 1. The monoisotopic (exact) mass is 349 g/mol. The van der Waals surface area contributed by atoms with E-state index in [1.807, 2.05) is 17.1 Å². The SMILES string of the molecule is O=C(CCCc1cn[nH]c1)N[C@@H]1CCN(Cc2cscn2)C[C@H]1O. The van der Waals surface area contributed by atoms with Gasteiger partial charge in [0.1, 0.15) is 0 Å². The van der Waals surface area contributed by atoms with Crippen LogP contribution >= 0.6 is 11.3 Å². The number of rotatable bonds is 7. The van der Waals surface area contributed by atoms with Gasteiger partial charge < -0.3 is 10.4 Å². The maximum absolute atomic E-state index is 12.1. The number of carbonyl (C=O) groups excluding carboxylic acids is 1. The van der Waals surface area contributed by atoms with Crippen LogP contribution in [0.1, 0.15) is 30.5 Å². The topological polar surface area (TPSA) is 94.1 Å². The third kappa shape index (κ3) is 4.86. The molecule has 1 amide bonds. The van der Waals surface area contributed by atoms with E-state index in [2.05, 4.69) is 25.4 Å². The molecule has 8 heteroatoms. The van der Waals surface area contributed by atoms with Gasteiger partial charge in [0.25, 0.3) is 0 Å². The molecule has 0 aromatic carbocycles. The largest absolute Gasteiger partial charge is 0.390 e. The van der Waals surface area contributed by atoms with Crippen LogP contribution in [0.5, 0.6) is 0 Å². The van der Waals surface area contributed by atoms with Gasteiger partial charge in [-0.05, 0) is 24.8 Å². The first kappa shape index (κ1) is 17.1. The smallest absolute Gasteiger partial charge is 0.220 e. The predicted molar refractivity (Wildman–Crippen MR) is 91.5 cm³/mol. The summed E-state index contributed by atoms with van der Waals surface area (Å²) in [4.78, 5) is 18.5. The molecule has 1 saturated heterocycles. The number of hydrogen-bond acceptors (Lipinski definition) is 6. The number of β-amino-alcohol motifs (C(OH)–C–C–N with tert-alkyl or cyclic N) is 1. The molecule has 2 aromatic heterocycles. The second kappa shape index (κ2) is 8.36. The van der Waals surface area contributed by atoms with Gasteiger partial charge in [-0.2, -0.15) is 5.10 Å². The lowest BCUT2D eigenvalue weighted by Crippen LogP contribution is -2.53. The molecule has 0 saturated carbocycles. The average Bonchev–Trinajstić information content (AvgIpc) is 3.24. The molecule has 24 heavy (non-hydrogen) atoms. The van der Waals surface area contributed by atoms with Crippen LogP contribution in [0.2, 0.25) is 0 Å². The quantitative estimate of drug-likeness (QED) is 0.692. The first-order chi connectivity index (χ1) is 11.7. The maximum atomic E-state index is 12.1. The Balaban J connectivity index is 1.37. The second-order valence-corrected chi connectivity index (χ2v) is 6.92. The van der Waals surface area contributed by atoms with Gasteiger partial charge in [0.05, 0.1) is 29.5 Å². The van der Waals surface area contributed by atoms with Crippen molar-refractivity contribution in [1.29, 1.82) is 0 Å². The molecular formula is C16H23N5O2S. The summed E-state index contributed by atoms with van der Waals surface area (Å²) >= 11 is 1.58. The number of aromatic nitrogens is 3. The third-order valence-corrected chi connectivity index (χ3v) is 4.94. The summed E-state index contributed by atoms with van der Waals surface area (Å²) in [6.07, 6.45) is 5.94. The number of nitrogens with one attached hydrogen (secondary N) is 2. The Morgan fingerprint density at radius 2 is 2.46 bits per heavy atom. The molecule has 0 radical (unpaired) electrons. The number of hydrogen-bond donors (Lipinski definition) is 3. The molecule has 3 rings (SSSR count). The van der Waals surface area contributed by atoms with E-state index in [9.17, 15) is 9.90 Å². The van der Waals surface area contributed by atoms with E-state index in [0.29, 0.717) is 13.0 Å². The molecule has 3 heterocycles. The van der Waals surface area contributed by atoms with Gasteiger partial charge in [-0.15, -0.1) is 11.3 Å². The van der Waals surface area contributed by atoms with Gasteiger partial charge in [0.15, 0.2) is 0 Å². The van der Waals surface area contributed by atoms with Crippen molar-refractivity contribution in [2.24, 2.45) is 0 Å². The fraction of sp³-hybridized carbons (Fsp3) is 0.562. The third-order valence-electron chi connectivity index (χ3n) is 4.31. The van der Waals surface area contributed by atoms with Crippen LogP contribution < -0.4 is 5.32 Å². The van der Waals surface area contributed by atoms with E-state index in [0.717, 1.165) is 43.6 Å². The van der Waals surface area contributed by atoms with Crippen LogP contribution in [-0.2, 0) is 17.8 Å². The van der Waals surface area contributed by atoms with Gasteiger partial charge in [-0.1, -0.05) is 0 Å². The second-order valence-electron chi connectivity index (χ2n) is 6.21. The van der Waals surface area contributed by atoms with E-state index < -0.39 is 6.10 Å². The zero-order valence-corrected chi connectivity index (χ0v) is 14.3. The van der Waals surface area contributed by atoms with Crippen molar-refractivity contribution in [3.8, 4) is 0 Å². The Morgan fingerprint density at radius 3 is 3.17 bits per heavy atom. The number of aromatic amines is 1. The van der Waals surface area contributed by atoms with Crippen molar-refractivity contribution in [2.75, 3.05) is 13.1 Å². The van der Waals surface area contributed by atoms with E-state index in [1.165, 1.54) is 0 Å². The van der Waals surface area contributed by atoms with Gasteiger partial charge in [0.2, 0.25) is 5.91 Å². The van der Waals surface area contributed by atoms with Crippen molar-refractivity contribution in [1.82, 2.24) is 25.4 Å². The standard InChI is InChI=1S/C16H23N5O2S/c22-15-9-21(8-13-10-24-11-17-13)5-4-14(15)20-16(23)3-1-2-12-6-18-19-7-12/h6-7,10-11,14-15,22H,1-5,8-9H2,(H,18,19)(H,20,23)/t14-,15-/m1/s1. The predicted octanol–water partition coefficient (Wildman–Crippen LogP) is 0.940. The molecule has 130 valence electrons. The highest BCUT2D eigenvalue weighted by atomic mass is 32.1. The number of piperidine rings is 1. The Labute approximate surface area is 145 Å². The van der Waals surface area contributed by atoms with Crippen molar-refractivity contribution >= 4 is 17.2 Å². The maximum Gasteiger partial charge on any atom is 0.220 e. The number of carbonyl (C=O) groups is 1. The van der Waals surface area contributed by atoms with Crippen LogP contribution in [0, 0.1) is 0 Å². The molecule has 2 atom stereocenters. The van der Waals surface area contributed by atoms with Crippen LogP contribution in [0.3, 0.4) is 0 Å². The van der Waals surface area contributed by atoms with Crippen LogP contribution in [0.25, 0.3) is 0 Å². The molecule has 1 aliphatic rings. The summed E-state index contributed by atoms with van der Waals surface area (Å²) in [6.45, 7) is 2.18. The molecular weight excluding hydrogens is 326 g/mol. The number of aryl methyl sites for hydroxylation is 1. The summed E-state index contributed by atoms with van der Waals surface area (Å²) in [6, 6.07) is -0.155. The first-order valence-electron chi connectivity index (χ1n) is 8.25. The van der Waals surface area contributed by atoms with E-state index >= 15 is 0 Å². The number of thiazole rings is 1. The Bertz CT molecular complexity index is 616.